The lowest BCUT2D eigenvalue weighted by atomic mass is 10.2. The zero-order valence-corrected chi connectivity index (χ0v) is 11.4. The van der Waals surface area contributed by atoms with Gasteiger partial charge in [0.25, 0.3) is 0 Å². The van der Waals surface area contributed by atoms with Crippen LogP contribution in [0.2, 0.25) is 0 Å². The van der Waals surface area contributed by atoms with Crippen LogP contribution in [0, 0.1) is 5.92 Å². The van der Waals surface area contributed by atoms with Crippen LogP contribution in [0.3, 0.4) is 0 Å². The first-order chi connectivity index (χ1) is 8.02. The second kappa shape index (κ2) is 5.49. The number of phosphoric acid groups is 1. The van der Waals surface area contributed by atoms with Crippen LogP contribution in [0.4, 0.5) is 0 Å². The largest absolute Gasteiger partial charge is 0.475 e. The minimum atomic E-state index is -3.59. The summed E-state index contributed by atoms with van der Waals surface area (Å²) in [6.45, 7) is 3.19. The topological polar surface area (TPSA) is 80.3 Å². The van der Waals surface area contributed by atoms with Gasteiger partial charge in [0.1, 0.15) is 0 Å². The Morgan fingerprint density at radius 1 is 1.12 bits per heavy atom. The first-order valence-electron chi connectivity index (χ1n) is 5.43. The van der Waals surface area contributed by atoms with E-state index < -0.39 is 21.8 Å². The van der Waals surface area contributed by atoms with E-state index in [0.717, 1.165) is 0 Å². The molecule has 2 aliphatic rings. The van der Waals surface area contributed by atoms with E-state index in [0.29, 0.717) is 32.8 Å². The van der Waals surface area contributed by atoms with Gasteiger partial charge in [0.15, 0.2) is 6.35 Å². The second-order valence-corrected chi connectivity index (χ2v) is 7.70. The zero-order valence-electron chi connectivity index (χ0n) is 9.57. The summed E-state index contributed by atoms with van der Waals surface area (Å²) in [7, 11) is -6.88. The molecule has 7 nitrogen and oxygen atoms in total. The fraction of sp³-hybridized carbons (Fsp3) is 1.00. The lowest BCUT2D eigenvalue weighted by Crippen LogP contribution is -2.20. The summed E-state index contributed by atoms with van der Waals surface area (Å²) in [5.41, 5.74) is 0. The molecule has 0 saturated carbocycles. The molecular formula is C8H16O7P2. The maximum Gasteiger partial charge on any atom is 0.475 e. The van der Waals surface area contributed by atoms with Crippen molar-refractivity contribution in [2.24, 2.45) is 5.92 Å². The van der Waals surface area contributed by atoms with Crippen LogP contribution >= 0.6 is 15.4 Å². The number of hydrogen-bond donors (Lipinski definition) is 0. The Morgan fingerprint density at radius 3 is 2.29 bits per heavy atom. The molecule has 2 fully saturated rings. The second-order valence-electron chi connectivity index (χ2n) is 4.03. The average molecular weight is 286 g/mol. The Kier molecular flexibility index (Phi) is 4.42. The smallest absolute Gasteiger partial charge is 0.307 e. The monoisotopic (exact) mass is 286 g/mol. The predicted molar refractivity (Wildman–Crippen MR) is 58.8 cm³/mol. The Hall–Kier alpha value is 0.260. The highest BCUT2D eigenvalue weighted by Crippen LogP contribution is 2.59. The van der Waals surface area contributed by atoms with Gasteiger partial charge in [0.05, 0.1) is 26.4 Å². The van der Waals surface area contributed by atoms with Gasteiger partial charge < -0.3 is 9.05 Å². The van der Waals surface area contributed by atoms with Gasteiger partial charge in [-0.2, -0.15) is 0 Å². The molecule has 0 atom stereocenters. The molecule has 0 amide bonds. The summed E-state index contributed by atoms with van der Waals surface area (Å²) in [5.74, 6) is 0.166. The van der Waals surface area contributed by atoms with E-state index in [9.17, 15) is 9.13 Å². The van der Waals surface area contributed by atoms with Crippen molar-refractivity contribution in [3.63, 3.8) is 0 Å². The van der Waals surface area contributed by atoms with Crippen LogP contribution in [0.25, 0.3) is 0 Å². The third-order valence-corrected chi connectivity index (χ3v) is 5.45. The third-order valence-electron chi connectivity index (χ3n) is 2.27. The number of hydrogen-bond acceptors (Lipinski definition) is 7. The molecule has 0 aromatic heterocycles. The first-order valence-corrected chi connectivity index (χ1v) is 8.62. The molecule has 17 heavy (non-hydrogen) atoms. The van der Waals surface area contributed by atoms with Crippen molar-refractivity contribution in [3.8, 4) is 0 Å². The molecule has 0 aliphatic carbocycles. The summed E-state index contributed by atoms with van der Waals surface area (Å²) in [6.07, 6.45) is 0.283. The van der Waals surface area contributed by atoms with Crippen LogP contribution in [0.5, 0.6) is 0 Å². The standard InChI is InChI=1S/C8H16O7P2/c1-8-5-13-17(10,14-6-8)15-7-16(9)11-3-2-4-12-16/h8H,2-7H2,1H3. The van der Waals surface area contributed by atoms with Gasteiger partial charge in [0.2, 0.25) is 0 Å². The molecule has 0 N–H and O–H groups in total. The Bertz CT molecular complexity index is 336. The highest BCUT2D eigenvalue weighted by molar-refractivity contribution is 7.55. The molecule has 2 rings (SSSR count). The van der Waals surface area contributed by atoms with Crippen molar-refractivity contribution < 1.29 is 31.7 Å². The normalized spacial score (nSPS) is 37.8. The maximum absolute atomic E-state index is 11.9. The molecule has 2 aliphatic heterocycles. The van der Waals surface area contributed by atoms with Crippen LogP contribution in [0.1, 0.15) is 13.3 Å². The van der Waals surface area contributed by atoms with E-state index >= 15 is 0 Å². The van der Waals surface area contributed by atoms with Crippen molar-refractivity contribution in [3.05, 3.63) is 0 Å². The first kappa shape index (κ1) is 13.7. The zero-order chi connectivity index (χ0) is 12.4. The molecule has 9 heteroatoms. The van der Waals surface area contributed by atoms with Gasteiger partial charge in [0, 0.05) is 5.92 Å². The molecule has 0 aromatic carbocycles. The predicted octanol–water partition coefficient (Wildman–Crippen LogP) is 2.38. The Morgan fingerprint density at radius 2 is 1.71 bits per heavy atom. The molecular weight excluding hydrogens is 270 g/mol. The lowest BCUT2D eigenvalue weighted by Gasteiger charge is -2.28. The molecule has 100 valence electrons. The summed E-state index contributed by atoms with van der Waals surface area (Å²) < 4.78 is 48.7. The van der Waals surface area contributed by atoms with Crippen molar-refractivity contribution >= 4 is 15.4 Å². The molecule has 2 heterocycles. The van der Waals surface area contributed by atoms with Crippen molar-refractivity contribution in [2.45, 2.75) is 13.3 Å². The SMILES string of the molecule is CC1COP(=O)(OCP2(=O)OCCCO2)OC1. The summed E-state index contributed by atoms with van der Waals surface area (Å²) in [4.78, 5) is 0. The summed E-state index contributed by atoms with van der Waals surface area (Å²) >= 11 is 0. The number of phosphoric ester groups is 1. The van der Waals surface area contributed by atoms with E-state index in [1.54, 1.807) is 0 Å². The van der Waals surface area contributed by atoms with E-state index in [4.69, 9.17) is 22.6 Å². The lowest BCUT2D eigenvalue weighted by molar-refractivity contribution is 0.0454. The van der Waals surface area contributed by atoms with Crippen LogP contribution in [-0.4, -0.2) is 32.8 Å². The summed E-state index contributed by atoms with van der Waals surface area (Å²) in [5, 5.41) is 0. The van der Waals surface area contributed by atoms with Gasteiger partial charge in [-0.1, -0.05) is 6.92 Å². The minimum absolute atomic E-state index is 0.166. The van der Waals surface area contributed by atoms with Crippen LogP contribution < -0.4 is 0 Å². The van der Waals surface area contributed by atoms with Crippen molar-refractivity contribution in [1.29, 1.82) is 0 Å². The molecule has 0 aromatic rings. The highest BCUT2D eigenvalue weighted by atomic mass is 31.2. The van der Waals surface area contributed by atoms with Gasteiger partial charge in [-0.25, -0.2) is 4.57 Å². The Labute approximate surface area is 99.9 Å². The van der Waals surface area contributed by atoms with E-state index in [1.807, 2.05) is 6.92 Å². The third kappa shape index (κ3) is 3.86. The van der Waals surface area contributed by atoms with E-state index in [2.05, 4.69) is 0 Å². The van der Waals surface area contributed by atoms with Gasteiger partial charge in [-0.3, -0.25) is 18.1 Å². The molecule has 0 spiro atoms. The maximum atomic E-state index is 11.9. The van der Waals surface area contributed by atoms with Crippen molar-refractivity contribution in [2.75, 3.05) is 32.8 Å². The molecule has 0 radical (unpaired) electrons. The fourth-order valence-corrected chi connectivity index (χ4v) is 4.58. The van der Waals surface area contributed by atoms with Crippen LogP contribution in [-0.2, 0) is 31.7 Å². The Balaban J connectivity index is 1.85. The molecule has 2 saturated heterocycles. The average Bonchev–Trinajstić information content (AvgIpc) is 2.33. The molecule has 0 unspecified atom stereocenters. The highest BCUT2D eigenvalue weighted by Gasteiger charge is 2.37. The van der Waals surface area contributed by atoms with E-state index in [1.165, 1.54) is 0 Å². The number of rotatable bonds is 3. The fourth-order valence-electron chi connectivity index (χ4n) is 1.32. The van der Waals surface area contributed by atoms with Gasteiger partial charge in [-0.05, 0) is 6.42 Å². The quantitative estimate of drug-likeness (QED) is 0.737. The minimum Gasteiger partial charge on any atom is -0.307 e. The van der Waals surface area contributed by atoms with E-state index in [-0.39, 0.29) is 5.92 Å². The van der Waals surface area contributed by atoms with Crippen molar-refractivity contribution in [1.82, 2.24) is 0 Å². The van der Waals surface area contributed by atoms with Crippen LogP contribution in [0.15, 0.2) is 0 Å². The summed E-state index contributed by atoms with van der Waals surface area (Å²) in [6, 6.07) is 0. The molecule has 0 bridgehead atoms. The van der Waals surface area contributed by atoms with Gasteiger partial charge >= 0.3 is 15.4 Å². The van der Waals surface area contributed by atoms with Gasteiger partial charge in [-0.15, -0.1) is 0 Å².